The van der Waals surface area contributed by atoms with Gasteiger partial charge in [0.15, 0.2) is 0 Å². The topological polar surface area (TPSA) is 29.0 Å². The molecular formula is C34H25N3. The number of para-hydroxylation sites is 1. The Bertz CT molecular complexity index is 1530. The lowest BCUT2D eigenvalue weighted by atomic mass is 10.0. The second-order valence-electron chi connectivity index (χ2n) is 8.73. The van der Waals surface area contributed by atoms with E-state index in [-0.39, 0.29) is 0 Å². The summed E-state index contributed by atoms with van der Waals surface area (Å²) in [6.07, 6.45) is 1.83. The van der Waals surface area contributed by atoms with Crippen LogP contribution < -0.4 is 4.90 Å². The lowest BCUT2D eigenvalue weighted by molar-refractivity contribution is 1.18. The Balaban J connectivity index is 1.56. The molecule has 0 aliphatic carbocycles. The normalized spacial score (nSPS) is 10.7. The molecule has 0 atom stereocenters. The van der Waals surface area contributed by atoms with Gasteiger partial charge >= 0.3 is 0 Å². The summed E-state index contributed by atoms with van der Waals surface area (Å²) in [6, 6.07) is 50.0. The lowest BCUT2D eigenvalue weighted by Crippen LogP contribution is -2.13. The van der Waals surface area contributed by atoms with Crippen LogP contribution in [0.25, 0.3) is 33.6 Å². The minimum atomic E-state index is 0.850. The average Bonchev–Trinajstić information content (AvgIpc) is 2.99. The van der Waals surface area contributed by atoms with Crippen LogP contribution >= 0.6 is 0 Å². The molecule has 4 aromatic carbocycles. The molecule has 0 N–H and O–H groups in total. The van der Waals surface area contributed by atoms with Gasteiger partial charge in [-0.05, 0) is 48.0 Å². The minimum absolute atomic E-state index is 0.850. The number of hydrogen-bond acceptors (Lipinski definition) is 3. The molecule has 0 spiro atoms. The number of nitrogens with zero attached hydrogens (tertiary/aromatic N) is 3. The second-order valence-corrected chi connectivity index (χ2v) is 8.73. The summed E-state index contributed by atoms with van der Waals surface area (Å²) in [6.45, 7) is 0. The molecule has 2 heterocycles. The molecule has 0 saturated heterocycles. The van der Waals surface area contributed by atoms with E-state index in [2.05, 4.69) is 113 Å². The molecule has 0 aliphatic heterocycles. The Morgan fingerprint density at radius 3 is 1.89 bits per heavy atom. The van der Waals surface area contributed by atoms with Gasteiger partial charge in [0, 0.05) is 28.6 Å². The molecule has 0 saturated carbocycles. The quantitative estimate of drug-likeness (QED) is 0.241. The van der Waals surface area contributed by atoms with Crippen molar-refractivity contribution in [2.75, 3.05) is 4.90 Å². The first-order valence-corrected chi connectivity index (χ1v) is 12.4. The Morgan fingerprint density at radius 2 is 1.11 bits per heavy atom. The largest absolute Gasteiger partial charge is 0.294 e. The highest BCUT2D eigenvalue weighted by Crippen LogP contribution is 2.41. The van der Waals surface area contributed by atoms with E-state index < -0.39 is 0 Å². The summed E-state index contributed by atoms with van der Waals surface area (Å²) < 4.78 is 0. The van der Waals surface area contributed by atoms with Crippen molar-refractivity contribution in [3.8, 4) is 33.6 Å². The molecule has 0 fully saturated rings. The van der Waals surface area contributed by atoms with Crippen molar-refractivity contribution in [2.45, 2.75) is 0 Å². The highest BCUT2D eigenvalue weighted by molar-refractivity contribution is 5.88. The minimum Gasteiger partial charge on any atom is -0.294 e. The molecule has 37 heavy (non-hydrogen) atoms. The Kier molecular flexibility index (Phi) is 6.25. The van der Waals surface area contributed by atoms with Crippen molar-refractivity contribution in [3.63, 3.8) is 0 Å². The molecule has 0 aliphatic rings. The number of hydrogen-bond donors (Lipinski definition) is 0. The van der Waals surface area contributed by atoms with Crippen LogP contribution in [0, 0.1) is 0 Å². The van der Waals surface area contributed by atoms with Crippen molar-refractivity contribution in [2.24, 2.45) is 0 Å². The number of benzene rings is 4. The summed E-state index contributed by atoms with van der Waals surface area (Å²) in [5.41, 5.74) is 8.38. The Hall–Kier alpha value is -5.02. The van der Waals surface area contributed by atoms with E-state index in [1.54, 1.807) is 0 Å². The van der Waals surface area contributed by atoms with Gasteiger partial charge in [-0.25, -0.2) is 4.98 Å². The average molecular weight is 476 g/mol. The molecule has 0 amide bonds. The molecule has 0 radical (unpaired) electrons. The van der Waals surface area contributed by atoms with Gasteiger partial charge in [-0.15, -0.1) is 0 Å². The highest BCUT2D eigenvalue weighted by Gasteiger charge is 2.19. The van der Waals surface area contributed by atoms with E-state index in [9.17, 15) is 0 Å². The van der Waals surface area contributed by atoms with Gasteiger partial charge in [-0.2, -0.15) is 0 Å². The third kappa shape index (κ3) is 4.75. The first kappa shape index (κ1) is 22.4. The maximum atomic E-state index is 5.14. The molecule has 3 heteroatoms. The summed E-state index contributed by atoms with van der Waals surface area (Å²) >= 11 is 0. The monoisotopic (exact) mass is 475 g/mol. The van der Waals surface area contributed by atoms with E-state index in [1.165, 1.54) is 0 Å². The van der Waals surface area contributed by atoms with Crippen molar-refractivity contribution >= 4 is 17.2 Å². The first-order valence-electron chi connectivity index (χ1n) is 12.4. The number of anilines is 3. The smallest absolute Gasteiger partial charge is 0.138 e. The van der Waals surface area contributed by atoms with Crippen molar-refractivity contribution in [1.29, 1.82) is 0 Å². The molecule has 0 bridgehead atoms. The maximum absolute atomic E-state index is 5.14. The van der Waals surface area contributed by atoms with Crippen molar-refractivity contribution < 1.29 is 0 Å². The van der Waals surface area contributed by atoms with Gasteiger partial charge in [-0.1, -0.05) is 103 Å². The molecule has 6 rings (SSSR count). The first-order chi connectivity index (χ1) is 18.4. The van der Waals surface area contributed by atoms with Gasteiger partial charge < -0.3 is 0 Å². The lowest BCUT2D eigenvalue weighted by Gasteiger charge is -2.27. The third-order valence-electron chi connectivity index (χ3n) is 6.33. The summed E-state index contributed by atoms with van der Waals surface area (Å²) in [7, 11) is 0. The van der Waals surface area contributed by atoms with Gasteiger partial charge in [0.05, 0.1) is 17.1 Å². The molecule has 3 nitrogen and oxygen atoms in total. The van der Waals surface area contributed by atoms with Gasteiger partial charge in [-0.3, -0.25) is 9.88 Å². The van der Waals surface area contributed by atoms with Crippen LogP contribution in [-0.4, -0.2) is 9.97 Å². The second kappa shape index (κ2) is 10.3. The SMILES string of the molecule is c1ccc(-c2cccc(N(c3cccc(-c4ccccn4)c3)c3ccccc3-c3ccccc3)n2)cc1. The van der Waals surface area contributed by atoms with Crippen LogP contribution in [0.15, 0.2) is 152 Å². The number of rotatable bonds is 6. The van der Waals surface area contributed by atoms with E-state index in [0.717, 1.165) is 50.8 Å². The highest BCUT2D eigenvalue weighted by atomic mass is 15.2. The molecular weight excluding hydrogens is 450 g/mol. The number of aromatic nitrogens is 2. The van der Waals surface area contributed by atoms with Gasteiger partial charge in [0.1, 0.15) is 5.82 Å². The van der Waals surface area contributed by atoms with E-state index in [4.69, 9.17) is 4.98 Å². The van der Waals surface area contributed by atoms with Crippen LogP contribution in [0.2, 0.25) is 0 Å². The van der Waals surface area contributed by atoms with Crippen LogP contribution in [0.3, 0.4) is 0 Å². The zero-order valence-corrected chi connectivity index (χ0v) is 20.3. The van der Waals surface area contributed by atoms with E-state index in [0.29, 0.717) is 0 Å². The Morgan fingerprint density at radius 1 is 0.459 bits per heavy atom. The van der Waals surface area contributed by atoms with E-state index >= 15 is 0 Å². The summed E-state index contributed by atoms with van der Waals surface area (Å²) in [5, 5.41) is 0. The standard InChI is InChI=1S/C34H25N3/c1-3-13-26(14-4-1)30-19-7-8-22-33(30)37(29-18-11-17-28(25-29)31-20-9-10-24-35-31)34-23-12-21-32(36-34)27-15-5-2-6-16-27/h1-25H. The van der Waals surface area contributed by atoms with E-state index in [1.807, 2.05) is 48.7 Å². The Labute approximate surface area is 217 Å². The van der Waals surface area contributed by atoms with Crippen LogP contribution in [0.1, 0.15) is 0 Å². The van der Waals surface area contributed by atoms with Gasteiger partial charge in [0.2, 0.25) is 0 Å². The van der Waals surface area contributed by atoms with Crippen LogP contribution in [-0.2, 0) is 0 Å². The zero-order chi connectivity index (χ0) is 24.9. The fourth-order valence-electron chi connectivity index (χ4n) is 4.58. The van der Waals surface area contributed by atoms with Crippen molar-refractivity contribution in [1.82, 2.24) is 9.97 Å². The number of pyridine rings is 2. The predicted molar refractivity (Wildman–Crippen MR) is 153 cm³/mol. The van der Waals surface area contributed by atoms with Crippen molar-refractivity contribution in [3.05, 3.63) is 152 Å². The predicted octanol–water partition coefficient (Wildman–Crippen LogP) is 8.95. The van der Waals surface area contributed by atoms with Crippen LogP contribution in [0.5, 0.6) is 0 Å². The summed E-state index contributed by atoms with van der Waals surface area (Å²) in [5.74, 6) is 0.850. The fraction of sp³-hybridized carbons (Fsp3) is 0. The molecule has 0 unspecified atom stereocenters. The molecule has 176 valence electrons. The van der Waals surface area contributed by atoms with Crippen LogP contribution in [0.4, 0.5) is 17.2 Å². The summed E-state index contributed by atoms with van der Waals surface area (Å²) in [4.78, 5) is 12.0. The molecule has 2 aromatic heterocycles. The zero-order valence-electron chi connectivity index (χ0n) is 20.3. The fourth-order valence-corrected chi connectivity index (χ4v) is 4.58. The third-order valence-corrected chi connectivity index (χ3v) is 6.33. The van der Waals surface area contributed by atoms with Gasteiger partial charge in [0.25, 0.3) is 0 Å². The maximum Gasteiger partial charge on any atom is 0.138 e. The molecule has 6 aromatic rings.